The van der Waals surface area contributed by atoms with E-state index in [1.165, 1.54) is 12.1 Å². The lowest BCUT2D eigenvalue weighted by atomic mass is 10.0. The zero-order valence-electron chi connectivity index (χ0n) is 14.7. The minimum atomic E-state index is -0.482. The van der Waals surface area contributed by atoms with Gasteiger partial charge in [0.25, 0.3) is 5.91 Å². The van der Waals surface area contributed by atoms with Crippen LogP contribution in [0.15, 0.2) is 12.1 Å². The number of ether oxygens (including phenoxy) is 1. The molecule has 3 rings (SSSR count). The van der Waals surface area contributed by atoms with Crippen molar-refractivity contribution in [1.29, 1.82) is 0 Å². The summed E-state index contributed by atoms with van der Waals surface area (Å²) in [5.74, 6) is -0.718. The zero-order valence-corrected chi connectivity index (χ0v) is 14.7. The van der Waals surface area contributed by atoms with E-state index in [4.69, 9.17) is 4.74 Å². The van der Waals surface area contributed by atoms with Crippen LogP contribution in [0.1, 0.15) is 42.5 Å². The highest BCUT2D eigenvalue weighted by atomic mass is 19.1. The highest BCUT2D eigenvalue weighted by Gasteiger charge is 2.34. The van der Waals surface area contributed by atoms with Crippen LogP contribution in [0.2, 0.25) is 0 Å². The summed E-state index contributed by atoms with van der Waals surface area (Å²) >= 11 is 0. The SMILES string of the molecule is Cc1nc2cc(F)cc(C(=O)N3CC(C)OC(C)(C)C3)c2nc1C. The second-order valence-electron chi connectivity index (χ2n) is 7.09. The van der Waals surface area contributed by atoms with Crippen LogP contribution in [0.25, 0.3) is 11.0 Å². The maximum Gasteiger partial charge on any atom is 0.256 e. The molecule has 0 aliphatic carbocycles. The van der Waals surface area contributed by atoms with Crippen molar-refractivity contribution in [1.82, 2.24) is 14.9 Å². The van der Waals surface area contributed by atoms with Gasteiger partial charge in [-0.25, -0.2) is 14.4 Å². The molecule has 128 valence electrons. The number of aromatic nitrogens is 2. The second kappa shape index (κ2) is 5.77. The van der Waals surface area contributed by atoms with E-state index in [1.54, 1.807) is 4.90 Å². The third kappa shape index (κ3) is 3.11. The highest BCUT2D eigenvalue weighted by molar-refractivity contribution is 6.04. The molecule has 6 heteroatoms. The van der Waals surface area contributed by atoms with Crippen molar-refractivity contribution >= 4 is 16.9 Å². The number of morpholine rings is 1. The van der Waals surface area contributed by atoms with Crippen LogP contribution in [-0.4, -0.2) is 45.6 Å². The van der Waals surface area contributed by atoms with Gasteiger partial charge in [0, 0.05) is 19.2 Å². The van der Waals surface area contributed by atoms with Gasteiger partial charge in [-0.2, -0.15) is 0 Å². The summed E-state index contributed by atoms with van der Waals surface area (Å²) < 4.78 is 19.9. The summed E-state index contributed by atoms with van der Waals surface area (Å²) in [7, 11) is 0. The van der Waals surface area contributed by atoms with E-state index in [1.807, 2.05) is 34.6 Å². The molecule has 2 aromatic rings. The quantitative estimate of drug-likeness (QED) is 0.806. The van der Waals surface area contributed by atoms with Crippen molar-refractivity contribution in [3.63, 3.8) is 0 Å². The van der Waals surface area contributed by atoms with E-state index in [9.17, 15) is 9.18 Å². The monoisotopic (exact) mass is 331 g/mol. The molecule has 1 atom stereocenters. The van der Waals surface area contributed by atoms with Gasteiger partial charge in [0.1, 0.15) is 11.3 Å². The van der Waals surface area contributed by atoms with Crippen LogP contribution in [0, 0.1) is 19.7 Å². The number of hydrogen-bond donors (Lipinski definition) is 0. The highest BCUT2D eigenvalue weighted by Crippen LogP contribution is 2.25. The number of carbonyl (C=O) groups is 1. The minimum Gasteiger partial charge on any atom is -0.369 e. The van der Waals surface area contributed by atoms with E-state index < -0.39 is 11.4 Å². The molecule has 1 amide bonds. The Morgan fingerprint density at radius 3 is 2.62 bits per heavy atom. The molecule has 0 radical (unpaired) electrons. The van der Waals surface area contributed by atoms with Gasteiger partial charge in [0.15, 0.2) is 0 Å². The summed E-state index contributed by atoms with van der Waals surface area (Å²) in [5.41, 5.74) is 2.13. The van der Waals surface area contributed by atoms with Gasteiger partial charge >= 0.3 is 0 Å². The fourth-order valence-corrected chi connectivity index (χ4v) is 3.24. The van der Waals surface area contributed by atoms with Gasteiger partial charge in [0.2, 0.25) is 0 Å². The van der Waals surface area contributed by atoms with Gasteiger partial charge < -0.3 is 9.64 Å². The maximum atomic E-state index is 14.0. The summed E-state index contributed by atoms with van der Waals surface area (Å²) in [6, 6.07) is 2.57. The number of benzene rings is 1. The summed E-state index contributed by atoms with van der Waals surface area (Å²) in [6.07, 6.45) is -0.0763. The predicted octanol–water partition coefficient (Wildman–Crippen LogP) is 3.03. The van der Waals surface area contributed by atoms with Gasteiger partial charge in [-0.1, -0.05) is 0 Å². The summed E-state index contributed by atoms with van der Waals surface area (Å²) in [4.78, 5) is 23.6. The molecule has 5 nitrogen and oxygen atoms in total. The predicted molar refractivity (Wildman–Crippen MR) is 89.5 cm³/mol. The Bertz CT molecular complexity index is 820. The smallest absolute Gasteiger partial charge is 0.256 e. The van der Waals surface area contributed by atoms with Crippen LogP contribution >= 0.6 is 0 Å². The van der Waals surface area contributed by atoms with Crippen molar-refractivity contribution in [3.05, 3.63) is 34.9 Å². The van der Waals surface area contributed by atoms with Crippen LogP contribution in [0.3, 0.4) is 0 Å². The molecule has 1 aromatic heterocycles. The molecular weight excluding hydrogens is 309 g/mol. The van der Waals surface area contributed by atoms with Gasteiger partial charge in [-0.3, -0.25) is 4.79 Å². The first-order valence-electron chi connectivity index (χ1n) is 8.08. The Hall–Kier alpha value is -2.08. The number of nitrogens with zero attached hydrogens (tertiary/aromatic N) is 3. The Balaban J connectivity index is 2.08. The fourth-order valence-electron chi connectivity index (χ4n) is 3.24. The lowest BCUT2D eigenvalue weighted by Gasteiger charge is -2.41. The molecule has 1 aliphatic rings. The standard InChI is InChI=1S/C18H22FN3O2/c1-10-8-22(9-18(4,5)24-10)17(23)14-6-13(19)7-15-16(14)21-12(3)11(2)20-15/h6-7,10H,8-9H2,1-5H3. The third-order valence-electron chi connectivity index (χ3n) is 4.23. The van der Waals surface area contributed by atoms with Crippen molar-refractivity contribution in [2.75, 3.05) is 13.1 Å². The third-order valence-corrected chi connectivity index (χ3v) is 4.23. The van der Waals surface area contributed by atoms with Crippen molar-refractivity contribution in [2.45, 2.75) is 46.3 Å². The molecule has 24 heavy (non-hydrogen) atoms. The number of rotatable bonds is 1. The molecule has 0 bridgehead atoms. The molecule has 0 saturated carbocycles. The van der Waals surface area contributed by atoms with E-state index in [2.05, 4.69) is 9.97 Å². The molecular formula is C18H22FN3O2. The largest absolute Gasteiger partial charge is 0.369 e. The van der Waals surface area contributed by atoms with Crippen LogP contribution in [0.5, 0.6) is 0 Å². The molecule has 1 aliphatic heterocycles. The minimum absolute atomic E-state index is 0.0763. The van der Waals surface area contributed by atoms with Gasteiger partial charge in [-0.15, -0.1) is 0 Å². The molecule has 0 N–H and O–H groups in total. The number of halogens is 1. The Labute approximate surface area is 140 Å². The van der Waals surface area contributed by atoms with Crippen molar-refractivity contribution in [3.8, 4) is 0 Å². The first kappa shape index (κ1) is 16.8. The van der Waals surface area contributed by atoms with Gasteiger partial charge in [-0.05, 0) is 40.7 Å². The molecule has 2 heterocycles. The number of fused-ring (bicyclic) bond motifs is 1. The first-order chi connectivity index (χ1) is 11.2. The zero-order chi connectivity index (χ0) is 17.6. The Morgan fingerprint density at radius 2 is 1.96 bits per heavy atom. The van der Waals surface area contributed by atoms with Crippen LogP contribution < -0.4 is 0 Å². The van der Waals surface area contributed by atoms with Crippen molar-refractivity contribution in [2.24, 2.45) is 0 Å². The molecule has 1 unspecified atom stereocenters. The van der Waals surface area contributed by atoms with E-state index in [-0.39, 0.29) is 17.6 Å². The number of carbonyl (C=O) groups excluding carboxylic acids is 1. The van der Waals surface area contributed by atoms with E-state index in [0.717, 1.165) is 11.4 Å². The summed E-state index contributed by atoms with van der Waals surface area (Å²) in [5, 5.41) is 0. The molecule has 1 aromatic carbocycles. The number of hydrogen-bond acceptors (Lipinski definition) is 4. The topological polar surface area (TPSA) is 55.3 Å². The van der Waals surface area contributed by atoms with Gasteiger partial charge in [0.05, 0.1) is 34.2 Å². The first-order valence-corrected chi connectivity index (χ1v) is 8.08. The summed E-state index contributed by atoms with van der Waals surface area (Å²) in [6.45, 7) is 10.4. The lowest BCUT2D eigenvalue weighted by molar-refractivity contribution is -0.118. The average molecular weight is 331 g/mol. The fraction of sp³-hybridized carbons (Fsp3) is 0.500. The normalized spacial score (nSPS) is 20.4. The molecule has 1 fully saturated rings. The lowest BCUT2D eigenvalue weighted by Crippen LogP contribution is -2.53. The molecule has 1 saturated heterocycles. The Kier molecular flexibility index (Phi) is 4.03. The average Bonchev–Trinajstić information content (AvgIpc) is 2.45. The van der Waals surface area contributed by atoms with E-state index in [0.29, 0.717) is 24.1 Å². The number of amides is 1. The van der Waals surface area contributed by atoms with Crippen molar-refractivity contribution < 1.29 is 13.9 Å². The molecule has 0 spiro atoms. The maximum absolute atomic E-state index is 14.0. The van der Waals surface area contributed by atoms with Crippen LogP contribution in [0.4, 0.5) is 4.39 Å². The number of aryl methyl sites for hydroxylation is 2. The second-order valence-corrected chi connectivity index (χ2v) is 7.09. The van der Waals surface area contributed by atoms with Crippen LogP contribution in [-0.2, 0) is 4.74 Å². The Morgan fingerprint density at radius 1 is 1.29 bits per heavy atom. The van der Waals surface area contributed by atoms with E-state index >= 15 is 0 Å².